The monoisotopic (exact) mass is 170 g/mol. The predicted molar refractivity (Wildman–Crippen MR) is 43.6 cm³/mol. The van der Waals surface area contributed by atoms with E-state index in [4.69, 9.17) is 10.8 Å². The zero-order chi connectivity index (χ0) is 8.77. The maximum Gasteiger partial charge on any atom is 0.324 e. The molecule has 2 fully saturated rings. The molecule has 68 valence electrons. The highest BCUT2D eigenvalue weighted by Crippen LogP contribution is 2.40. The van der Waals surface area contributed by atoms with Crippen molar-refractivity contribution in [3.63, 3.8) is 0 Å². The Morgan fingerprint density at radius 3 is 3.00 bits per heavy atom. The topological polar surface area (TPSA) is 75.4 Å². The van der Waals surface area contributed by atoms with Gasteiger partial charge in [0.2, 0.25) is 0 Å². The minimum absolute atomic E-state index is 0.148. The third-order valence-electron chi connectivity index (χ3n) is 3.33. The van der Waals surface area contributed by atoms with Crippen LogP contribution in [-0.2, 0) is 4.79 Å². The van der Waals surface area contributed by atoms with Crippen molar-refractivity contribution in [2.75, 3.05) is 13.1 Å². The summed E-state index contributed by atoms with van der Waals surface area (Å²) in [6.45, 7) is 1.71. The second kappa shape index (κ2) is 2.44. The second-order valence-corrected chi connectivity index (χ2v) is 3.91. The largest absolute Gasteiger partial charge is 0.480 e. The lowest BCUT2D eigenvalue weighted by Crippen LogP contribution is -2.52. The summed E-state index contributed by atoms with van der Waals surface area (Å²) in [7, 11) is 0. The molecule has 1 heterocycles. The van der Waals surface area contributed by atoms with Gasteiger partial charge < -0.3 is 16.2 Å². The van der Waals surface area contributed by atoms with E-state index in [1.807, 2.05) is 0 Å². The van der Waals surface area contributed by atoms with Crippen LogP contribution < -0.4 is 11.1 Å². The number of nitrogens with two attached hydrogens (primary N) is 1. The first-order valence-corrected chi connectivity index (χ1v) is 4.37. The molecule has 0 aromatic heterocycles. The molecule has 0 bridgehead atoms. The van der Waals surface area contributed by atoms with Crippen LogP contribution in [-0.4, -0.2) is 29.7 Å². The zero-order valence-electron chi connectivity index (χ0n) is 6.92. The molecule has 2 rings (SSSR count). The fourth-order valence-electron chi connectivity index (χ4n) is 2.51. The summed E-state index contributed by atoms with van der Waals surface area (Å²) in [5.74, 6) is -0.195. The molecule has 0 spiro atoms. The van der Waals surface area contributed by atoms with Crippen LogP contribution in [0.5, 0.6) is 0 Å². The van der Waals surface area contributed by atoms with E-state index >= 15 is 0 Å². The van der Waals surface area contributed by atoms with Crippen molar-refractivity contribution in [1.29, 1.82) is 0 Å². The van der Waals surface area contributed by atoms with Gasteiger partial charge in [-0.05, 0) is 25.3 Å². The molecule has 4 heteroatoms. The number of nitrogens with one attached hydrogen (secondary N) is 1. The molecule has 0 amide bonds. The summed E-state index contributed by atoms with van der Waals surface area (Å²) in [5, 5.41) is 12.2. The van der Waals surface area contributed by atoms with E-state index in [-0.39, 0.29) is 5.92 Å². The number of fused-ring (bicyclic) bond motifs is 1. The Hall–Kier alpha value is -0.610. The van der Waals surface area contributed by atoms with Gasteiger partial charge in [-0.1, -0.05) is 0 Å². The predicted octanol–water partition coefficient (Wildman–Crippen LogP) is -0.602. The van der Waals surface area contributed by atoms with Crippen LogP contribution in [0.25, 0.3) is 0 Å². The van der Waals surface area contributed by atoms with Crippen LogP contribution in [0.2, 0.25) is 0 Å². The van der Waals surface area contributed by atoms with Gasteiger partial charge in [0.15, 0.2) is 0 Å². The standard InChI is InChI=1S/C8H14N2O2/c9-8(7(11)12)2-1-5-3-10-4-6(5)8/h5-6,10H,1-4,9H2,(H,11,12)/t5-,6-,8+/m0/s1. The molecular weight excluding hydrogens is 156 g/mol. The van der Waals surface area contributed by atoms with Gasteiger partial charge in [-0.25, -0.2) is 0 Å². The average Bonchev–Trinajstić information content (AvgIpc) is 2.54. The number of carboxylic acids is 1. The highest BCUT2D eigenvalue weighted by atomic mass is 16.4. The first-order valence-electron chi connectivity index (χ1n) is 4.37. The molecular formula is C8H14N2O2. The fourth-order valence-corrected chi connectivity index (χ4v) is 2.51. The van der Waals surface area contributed by atoms with E-state index in [0.29, 0.717) is 12.3 Å². The molecule has 1 aliphatic heterocycles. The van der Waals surface area contributed by atoms with Gasteiger partial charge in [-0.15, -0.1) is 0 Å². The zero-order valence-corrected chi connectivity index (χ0v) is 6.92. The Morgan fingerprint density at radius 1 is 1.58 bits per heavy atom. The molecule has 4 nitrogen and oxygen atoms in total. The third kappa shape index (κ3) is 0.881. The highest BCUT2D eigenvalue weighted by Gasteiger charge is 2.52. The van der Waals surface area contributed by atoms with Crippen molar-refractivity contribution in [3.05, 3.63) is 0 Å². The van der Waals surface area contributed by atoms with Crippen LogP contribution in [0.15, 0.2) is 0 Å². The Labute approximate surface area is 71.1 Å². The summed E-state index contributed by atoms with van der Waals surface area (Å²) in [6.07, 6.45) is 1.60. The molecule has 1 saturated carbocycles. The Kier molecular flexibility index (Phi) is 1.63. The van der Waals surface area contributed by atoms with Gasteiger partial charge in [-0.2, -0.15) is 0 Å². The SMILES string of the molecule is N[C@]1(C(=O)O)CC[C@H]2CNC[C@@H]21. The normalized spacial score (nSPS) is 46.1. The van der Waals surface area contributed by atoms with Crippen LogP contribution in [0.1, 0.15) is 12.8 Å². The maximum atomic E-state index is 10.9. The first kappa shape index (κ1) is 8.01. The van der Waals surface area contributed by atoms with Gasteiger partial charge in [-0.3, -0.25) is 4.79 Å². The smallest absolute Gasteiger partial charge is 0.324 e. The van der Waals surface area contributed by atoms with E-state index in [9.17, 15) is 4.79 Å². The molecule has 0 unspecified atom stereocenters. The first-order chi connectivity index (χ1) is 5.64. The molecule has 0 aromatic rings. The number of carbonyl (C=O) groups is 1. The summed E-state index contributed by atoms with van der Waals surface area (Å²) in [5.41, 5.74) is 4.90. The highest BCUT2D eigenvalue weighted by molar-refractivity contribution is 5.79. The quantitative estimate of drug-likeness (QED) is 0.491. The average molecular weight is 170 g/mol. The second-order valence-electron chi connectivity index (χ2n) is 3.91. The number of aliphatic carboxylic acids is 1. The summed E-state index contributed by atoms with van der Waals surface area (Å²) >= 11 is 0. The molecule has 12 heavy (non-hydrogen) atoms. The number of carboxylic acid groups (broad SMARTS) is 1. The van der Waals surface area contributed by atoms with Crippen molar-refractivity contribution in [2.45, 2.75) is 18.4 Å². The summed E-state index contributed by atoms with van der Waals surface area (Å²) in [4.78, 5) is 10.9. The van der Waals surface area contributed by atoms with Gasteiger partial charge >= 0.3 is 5.97 Å². The van der Waals surface area contributed by atoms with Gasteiger partial charge in [0.1, 0.15) is 5.54 Å². The Bertz CT molecular complexity index is 219. The lowest BCUT2D eigenvalue weighted by molar-refractivity contribution is -0.144. The van der Waals surface area contributed by atoms with Crippen LogP contribution in [0.4, 0.5) is 0 Å². The van der Waals surface area contributed by atoms with E-state index in [2.05, 4.69) is 5.32 Å². The lowest BCUT2D eigenvalue weighted by Gasteiger charge is -2.25. The summed E-state index contributed by atoms with van der Waals surface area (Å²) in [6, 6.07) is 0. The molecule has 1 saturated heterocycles. The van der Waals surface area contributed by atoms with Crippen LogP contribution >= 0.6 is 0 Å². The Balaban J connectivity index is 2.22. The lowest BCUT2D eigenvalue weighted by atomic mass is 9.86. The van der Waals surface area contributed by atoms with E-state index in [1.54, 1.807) is 0 Å². The van der Waals surface area contributed by atoms with Crippen molar-refractivity contribution in [3.8, 4) is 0 Å². The van der Waals surface area contributed by atoms with Crippen molar-refractivity contribution < 1.29 is 9.90 Å². The maximum absolute atomic E-state index is 10.9. The van der Waals surface area contributed by atoms with Gasteiger partial charge in [0.05, 0.1) is 0 Å². The van der Waals surface area contributed by atoms with Crippen LogP contribution in [0.3, 0.4) is 0 Å². The van der Waals surface area contributed by atoms with Crippen molar-refractivity contribution >= 4 is 5.97 Å². The van der Waals surface area contributed by atoms with E-state index in [1.165, 1.54) is 0 Å². The minimum atomic E-state index is -0.950. The number of hydrogen-bond donors (Lipinski definition) is 3. The molecule has 0 radical (unpaired) electrons. The third-order valence-corrected chi connectivity index (χ3v) is 3.33. The molecule has 1 aliphatic carbocycles. The summed E-state index contributed by atoms with van der Waals surface area (Å²) < 4.78 is 0. The van der Waals surface area contributed by atoms with Gasteiger partial charge in [0.25, 0.3) is 0 Å². The molecule has 0 aromatic carbocycles. The number of hydrogen-bond acceptors (Lipinski definition) is 3. The van der Waals surface area contributed by atoms with E-state index < -0.39 is 11.5 Å². The van der Waals surface area contributed by atoms with Crippen LogP contribution in [0, 0.1) is 11.8 Å². The van der Waals surface area contributed by atoms with Crippen molar-refractivity contribution in [1.82, 2.24) is 5.32 Å². The number of rotatable bonds is 1. The molecule has 4 N–H and O–H groups in total. The fraction of sp³-hybridized carbons (Fsp3) is 0.875. The van der Waals surface area contributed by atoms with Gasteiger partial charge in [0, 0.05) is 12.5 Å². The van der Waals surface area contributed by atoms with Crippen molar-refractivity contribution in [2.24, 2.45) is 17.6 Å². The molecule has 3 atom stereocenters. The molecule has 2 aliphatic rings. The Morgan fingerprint density at radius 2 is 2.33 bits per heavy atom. The van der Waals surface area contributed by atoms with E-state index in [0.717, 1.165) is 19.5 Å². The minimum Gasteiger partial charge on any atom is -0.480 e.